The van der Waals surface area contributed by atoms with E-state index in [0.717, 1.165) is 21.2 Å². The number of hydrogen-bond acceptors (Lipinski definition) is 5. The molecule has 8 heteroatoms. The molecule has 0 aliphatic carbocycles. The Morgan fingerprint density at radius 3 is 2.33 bits per heavy atom. The third-order valence-electron chi connectivity index (χ3n) is 6.55. The fourth-order valence-electron chi connectivity index (χ4n) is 4.49. The molecule has 1 aliphatic heterocycles. The number of nitrogens with zero attached hydrogens (tertiary/aromatic N) is 5. The van der Waals surface area contributed by atoms with Gasteiger partial charge in [-0.1, -0.05) is 54.1 Å². The quantitative estimate of drug-likeness (QED) is 0.293. The molecule has 1 amide bonds. The minimum absolute atomic E-state index is 0.108. The van der Waals surface area contributed by atoms with Gasteiger partial charge in [0.2, 0.25) is 5.82 Å². The Bertz CT molecular complexity index is 1430. The van der Waals surface area contributed by atoms with Crippen LogP contribution in [0.5, 0.6) is 0 Å². The van der Waals surface area contributed by atoms with Crippen LogP contribution in [-0.4, -0.2) is 38.8 Å². The highest BCUT2D eigenvalue weighted by molar-refractivity contribution is 9.10. The number of benzene rings is 2. The first-order valence-electron chi connectivity index (χ1n) is 11.5. The second-order valence-electron chi connectivity index (χ2n) is 8.68. The summed E-state index contributed by atoms with van der Waals surface area (Å²) in [6.45, 7) is 0.908. The minimum Gasteiger partial charge on any atom is -0.336 e. The van der Waals surface area contributed by atoms with E-state index in [2.05, 4.69) is 37.0 Å². The Hall–Kier alpha value is -3.60. The predicted molar refractivity (Wildman–Crippen MR) is 142 cm³/mol. The fourth-order valence-corrected chi connectivity index (χ4v) is 4.85. The molecular weight excluding hydrogens is 538 g/mol. The number of nitriles is 1. The topological polar surface area (TPSA) is 82.8 Å². The van der Waals surface area contributed by atoms with E-state index in [9.17, 15) is 10.1 Å². The van der Waals surface area contributed by atoms with Gasteiger partial charge >= 0.3 is 0 Å². The molecule has 1 aliphatic rings. The van der Waals surface area contributed by atoms with Crippen molar-refractivity contribution in [3.8, 4) is 28.6 Å². The average molecular weight is 559 g/mol. The van der Waals surface area contributed by atoms with Crippen molar-refractivity contribution in [3.63, 3.8) is 0 Å². The Balaban J connectivity index is 1.45. The molecule has 1 fully saturated rings. The van der Waals surface area contributed by atoms with E-state index in [1.807, 2.05) is 54.6 Å². The maximum absolute atomic E-state index is 13.4. The Labute approximate surface area is 222 Å². The summed E-state index contributed by atoms with van der Waals surface area (Å²) in [6, 6.07) is 23.4. The molecule has 2 aromatic heterocycles. The first-order chi connectivity index (χ1) is 17.5. The number of hydrogen-bond donors (Lipinski definition) is 0. The standard InChI is InChI=1S/C28H21BrClN5O/c29-21-8-11-24(32-16-21)25-23(19-6-9-22(30)10-7-19)17-33-26(34-25)27(36)35-14-12-28(18-31,13-15-35)20-4-2-1-3-5-20/h1-11,16-17H,12-15H2. The van der Waals surface area contributed by atoms with Crippen molar-refractivity contribution in [2.24, 2.45) is 0 Å². The molecule has 0 saturated carbocycles. The van der Waals surface area contributed by atoms with Crippen LogP contribution in [0, 0.1) is 11.3 Å². The average Bonchev–Trinajstić information content (AvgIpc) is 2.94. The highest BCUT2D eigenvalue weighted by Gasteiger charge is 2.38. The first kappa shape index (κ1) is 24.1. The largest absolute Gasteiger partial charge is 0.336 e. The van der Waals surface area contributed by atoms with Gasteiger partial charge in [-0.05, 0) is 64.2 Å². The van der Waals surface area contributed by atoms with Crippen molar-refractivity contribution in [1.82, 2.24) is 19.9 Å². The van der Waals surface area contributed by atoms with Crippen molar-refractivity contribution < 1.29 is 4.79 Å². The fraction of sp³-hybridized carbons (Fsp3) is 0.179. The molecule has 6 nitrogen and oxygen atoms in total. The molecule has 3 heterocycles. The SMILES string of the molecule is N#CC1(c2ccccc2)CCN(C(=O)c2ncc(-c3ccc(Cl)cc3)c(-c3ccc(Br)cn3)n2)CC1. The molecule has 5 rings (SSSR count). The second-order valence-corrected chi connectivity index (χ2v) is 10.0. The number of aromatic nitrogens is 3. The summed E-state index contributed by atoms with van der Waals surface area (Å²) in [5.41, 5.74) is 3.22. The number of pyridine rings is 1. The van der Waals surface area contributed by atoms with Gasteiger partial charge in [-0.2, -0.15) is 5.26 Å². The maximum Gasteiger partial charge on any atom is 0.291 e. The summed E-state index contributed by atoms with van der Waals surface area (Å²) in [5, 5.41) is 10.6. The summed E-state index contributed by atoms with van der Waals surface area (Å²) in [5.74, 6) is -0.146. The van der Waals surface area contributed by atoms with E-state index in [-0.39, 0.29) is 11.7 Å². The van der Waals surface area contributed by atoms with Gasteiger partial charge in [0, 0.05) is 40.5 Å². The number of rotatable bonds is 4. The lowest BCUT2D eigenvalue weighted by Crippen LogP contribution is -2.45. The van der Waals surface area contributed by atoms with E-state index in [1.54, 1.807) is 29.4 Å². The number of halogens is 2. The van der Waals surface area contributed by atoms with Crippen LogP contribution in [0.3, 0.4) is 0 Å². The van der Waals surface area contributed by atoms with Gasteiger partial charge < -0.3 is 4.90 Å². The first-order valence-corrected chi connectivity index (χ1v) is 12.7. The van der Waals surface area contributed by atoms with Crippen molar-refractivity contribution in [2.45, 2.75) is 18.3 Å². The number of piperidine rings is 1. The van der Waals surface area contributed by atoms with Crippen LogP contribution in [-0.2, 0) is 5.41 Å². The molecule has 1 saturated heterocycles. The zero-order valence-electron chi connectivity index (χ0n) is 19.2. The van der Waals surface area contributed by atoms with Crippen molar-refractivity contribution >= 4 is 33.4 Å². The lowest BCUT2D eigenvalue weighted by Gasteiger charge is -2.37. The monoisotopic (exact) mass is 557 g/mol. The summed E-state index contributed by atoms with van der Waals surface area (Å²) >= 11 is 9.49. The van der Waals surface area contributed by atoms with Gasteiger partial charge in [0.25, 0.3) is 5.91 Å². The second kappa shape index (κ2) is 10.2. The zero-order chi connectivity index (χ0) is 25.1. The molecule has 178 valence electrons. The molecule has 2 aromatic carbocycles. The van der Waals surface area contributed by atoms with Gasteiger partial charge in [0.1, 0.15) is 5.69 Å². The number of carbonyl (C=O) groups is 1. The van der Waals surface area contributed by atoms with Crippen molar-refractivity contribution in [3.05, 3.63) is 100 Å². The van der Waals surface area contributed by atoms with Crippen LogP contribution in [0.25, 0.3) is 22.5 Å². The highest BCUT2D eigenvalue weighted by atomic mass is 79.9. The molecule has 36 heavy (non-hydrogen) atoms. The molecule has 0 N–H and O–H groups in total. The number of amides is 1. The number of carbonyl (C=O) groups excluding carboxylic acids is 1. The normalized spacial score (nSPS) is 14.8. The minimum atomic E-state index is -0.593. The highest BCUT2D eigenvalue weighted by Crippen LogP contribution is 2.36. The summed E-state index contributed by atoms with van der Waals surface area (Å²) in [7, 11) is 0. The zero-order valence-corrected chi connectivity index (χ0v) is 21.6. The van der Waals surface area contributed by atoms with E-state index >= 15 is 0 Å². The third kappa shape index (κ3) is 4.75. The summed E-state index contributed by atoms with van der Waals surface area (Å²) in [6.07, 6.45) is 4.47. The van der Waals surface area contributed by atoms with E-state index in [0.29, 0.717) is 42.3 Å². The third-order valence-corrected chi connectivity index (χ3v) is 7.27. The van der Waals surface area contributed by atoms with Gasteiger partial charge in [0.05, 0.1) is 17.2 Å². The molecule has 0 unspecified atom stereocenters. The van der Waals surface area contributed by atoms with Gasteiger partial charge in [-0.25, -0.2) is 9.97 Å². The van der Waals surface area contributed by atoms with Crippen molar-refractivity contribution in [1.29, 1.82) is 5.26 Å². The van der Waals surface area contributed by atoms with Crippen LogP contribution in [0.1, 0.15) is 29.0 Å². The van der Waals surface area contributed by atoms with Crippen LogP contribution >= 0.6 is 27.5 Å². The lowest BCUT2D eigenvalue weighted by atomic mass is 9.74. The van der Waals surface area contributed by atoms with Gasteiger partial charge in [0.15, 0.2) is 0 Å². The molecule has 0 radical (unpaired) electrons. The van der Waals surface area contributed by atoms with Crippen molar-refractivity contribution in [2.75, 3.05) is 13.1 Å². The molecule has 0 bridgehead atoms. The van der Waals surface area contributed by atoms with Gasteiger partial charge in [-0.3, -0.25) is 9.78 Å². The van der Waals surface area contributed by atoms with Crippen LogP contribution < -0.4 is 0 Å². The molecule has 0 atom stereocenters. The summed E-state index contributed by atoms with van der Waals surface area (Å²) in [4.78, 5) is 28.8. The van der Waals surface area contributed by atoms with E-state index in [4.69, 9.17) is 11.6 Å². The number of likely N-dealkylation sites (tertiary alicyclic amines) is 1. The van der Waals surface area contributed by atoms with Crippen LogP contribution in [0.15, 0.2) is 83.6 Å². The smallest absolute Gasteiger partial charge is 0.291 e. The van der Waals surface area contributed by atoms with Crippen LogP contribution in [0.2, 0.25) is 5.02 Å². The van der Waals surface area contributed by atoms with E-state index < -0.39 is 5.41 Å². The Morgan fingerprint density at radius 2 is 1.69 bits per heavy atom. The summed E-state index contributed by atoms with van der Waals surface area (Å²) < 4.78 is 0.845. The molecular formula is C28H21BrClN5O. The predicted octanol–water partition coefficient (Wildman–Crippen LogP) is 6.32. The van der Waals surface area contributed by atoms with Crippen LogP contribution in [0.4, 0.5) is 0 Å². The lowest BCUT2D eigenvalue weighted by molar-refractivity contribution is 0.0679. The molecule has 0 spiro atoms. The Kier molecular flexibility index (Phi) is 6.82. The maximum atomic E-state index is 13.4. The van der Waals surface area contributed by atoms with Gasteiger partial charge in [-0.15, -0.1) is 0 Å². The van der Waals surface area contributed by atoms with E-state index in [1.165, 1.54) is 0 Å². The molecule has 4 aromatic rings. The Morgan fingerprint density at radius 1 is 0.972 bits per heavy atom.